The Morgan fingerprint density at radius 1 is 1.19 bits per heavy atom. The minimum absolute atomic E-state index is 0.0153. The van der Waals surface area contributed by atoms with Crippen LogP contribution in [-0.2, 0) is 0 Å². The number of hydrogen-bond acceptors (Lipinski definition) is 3. The van der Waals surface area contributed by atoms with Crippen LogP contribution in [0.1, 0.15) is 42.3 Å². The molecule has 0 spiro atoms. The molecule has 134 valence electrons. The SMILES string of the molecule is C=C(C=Nc1[nH]cc(C(=O)C(C)(C)C)c1N)c1c[nH]c2cc(C)ccc12. The van der Waals surface area contributed by atoms with Crippen LogP contribution in [0.15, 0.2) is 42.2 Å². The molecule has 0 aliphatic carbocycles. The number of nitrogens with zero attached hydrogens (tertiary/aromatic N) is 1. The van der Waals surface area contributed by atoms with Crippen LogP contribution in [0, 0.1) is 12.3 Å². The largest absolute Gasteiger partial charge is 0.395 e. The van der Waals surface area contributed by atoms with Crippen molar-refractivity contribution in [3.63, 3.8) is 0 Å². The Morgan fingerprint density at radius 2 is 1.88 bits per heavy atom. The highest BCUT2D eigenvalue weighted by Crippen LogP contribution is 2.31. The summed E-state index contributed by atoms with van der Waals surface area (Å²) in [7, 11) is 0. The number of Topliss-reactive ketones (excluding diaryl/α,β-unsaturated/α-hetero) is 1. The third kappa shape index (κ3) is 3.20. The molecule has 0 aliphatic heterocycles. The Morgan fingerprint density at radius 3 is 2.58 bits per heavy atom. The molecule has 0 saturated carbocycles. The number of nitrogen functional groups attached to an aromatic ring is 1. The summed E-state index contributed by atoms with van der Waals surface area (Å²) in [6.45, 7) is 11.8. The number of carbonyl (C=O) groups excluding carboxylic acids is 1. The molecule has 0 saturated heterocycles. The molecule has 0 amide bonds. The zero-order chi connectivity index (χ0) is 19.1. The van der Waals surface area contributed by atoms with E-state index in [9.17, 15) is 4.79 Å². The molecule has 0 unspecified atom stereocenters. The van der Waals surface area contributed by atoms with Crippen LogP contribution in [0.5, 0.6) is 0 Å². The van der Waals surface area contributed by atoms with E-state index in [1.54, 1.807) is 12.4 Å². The number of H-pyrrole nitrogens is 2. The number of aromatic nitrogens is 2. The number of allylic oxidation sites excluding steroid dienone is 1. The lowest BCUT2D eigenvalue weighted by Gasteiger charge is -2.15. The predicted molar refractivity (Wildman–Crippen MR) is 109 cm³/mol. The van der Waals surface area contributed by atoms with Gasteiger partial charge in [0, 0.05) is 40.5 Å². The van der Waals surface area contributed by atoms with Crippen LogP contribution < -0.4 is 5.73 Å². The molecule has 0 radical (unpaired) electrons. The van der Waals surface area contributed by atoms with Crippen molar-refractivity contribution < 1.29 is 4.79 Å². The van der Waals surface area contributed by atoms with Gasteiger partial charge in [-0.3, -0.25) is 4.79 Å². The Hall–Kier alpha value is -3.08. The molecule has 0 fully saturated rings. The summed E-state index contributed by atoms with van der Waals surface area (Å²) in [5.74, 6) is 0.452. The number of hydrogen-bond donors (Lipinski definition) is 3. The Labute approximate surface area is 153 Å². The van der Waals surface area contributed by atoms with Crippen molar-refractivity contribution in [3.8, 4) is 0 Å². The van der Waals surface area contributed by atoms with Crippen molar-refractivity contribution in [2.45, 2.75) is 27.7 Å². The van der Waals surface area contributed by atoms with Gasteiger partial charge in [-0.25, -0.2) is 4.99 Å². The van der Waals surface area contributed by atoms with Crippen molar-refractivity contribution in [2.24, 2.45) is 10.4 Å². The zero-order valence-corrected chi connectivity index (χ0v) is 15.6. The number of aliphatic imine (C=N–C) groups is 1. The van der Waals surface area contributed by atoms with E-state index in [2.05, 4.69) is 46.7 Å². The number of aryl methyl sites for hydroxylation is 1. The fourth-order valence-corrected chi connectivity index (χ4v) is 2.84. The number of nitrogens with one attached hydrogen (secondary N) is 2. The highest BCUT2D eigenvalue weighted by Gasteiger charge is 2.26. The lowest BCUT2D eigenvalue weighted by Crippen LogP contribution is -2.20. The summed E-state index contributed by atoms with van der Waals surface area (Å²) in [5.41, 5.74) is 10.5. The Balaban J connectivity index is 1.87. The van der Waals surface area contributed by atoms with Crippen molar-refractivity contribution in [1.82, 2.24) is 9.97 Å². The molecule has 4 N–H and O–H groups in total. The highest BCUT2D eigenvalue weighted by molar-refractivity contribution is 6.15. The maximum absolute atomic E-state index is 12.4. The number of rotatable bonds is 4. The number of carbonyl (C=O) groups is 1. The first-order chi connectivity index (χ1) is 12.2. The van der Waals surface area contributed by atoms with Crippen molar-refractivity contribution in [1.29, 1.82) is 0 Å². The van der Waals surface area contributed by atoms with Gasteiger partial charge in [-0.1, -0.05) is 39.5 Å². The number of aromatic amines is 2. The molecule has 26 heavy (non-hydrogen) atoms. The smallest absolute Gasteiger partial charge is 0.171 e. The quantitative estimate of drug-likeness (QED) is 0.456. The number of anilines is 1. The van der Waals surface area contributed by atoms with Gasteiger partial charge in [0.25, 0.3) is 0 Å². The van der Waals surface area contributed by atoms with E-state index in [1.165, 1.54) is 5.56 Å². The Kier molecular flexibility index (Phi) is 4.32. The number of fused-ring (bicyclic) bond motifs is 1. The summed E-state index contributed by atoms with van der Waals surface area (Å²) in [5, 5.41) is 1.09. The normalized spacial score (nSPS) is 12.2. The maximum atomic E-state index is 12.4. The number of nitrogens with two attached hydrogens (primary N) is 1. The lowest BCUT2D eigenvalue weighted by molar-refractivity contribution is 0.0859. The Bertz CT molecular complexity index is 1030. The molecule has 3 aromatic rings. The molecular formula is C21H24N4O. The fourth-order valence-electron chi connectivity index (χ4n) is 2.84. The van der Waals surface area contributed by atoms with Gasteiger partial charge in [0.15, 0.2) is 11.6 Å². The summed E-state index contributed by atoms with van der Waals surface area (Å²) in [6.07, 6.45) is 5.20. The van der Waals surface area contributed by atoms with E-state index < -0.39 is 5.41 Å². The van der Waals surface area contributed by atoms with Crippen LogP contribution in [-0.4, -0.2) is 22.0 Å². The van der Waals surface area contributed by atoms with Gasteiger partial charge in [-0.15, -0.1) is 0 Å². The molecular weight excluding hydrogens is 324 g/mol. The van der Waals surface area contributed by atoms with E-state index in [0.717, 1.165) is 22.0 Å². The maximum Gasteiger partial charge on any atom is 0.171 e. The average molecular weight is 348 g/mol. The second kappa shape index (κ2) is 6.33. The predicted octanol–water partition coefficient (Wildman–Crippen LogP) is 5.03. The van der Waals surface area contributed by atoms with Crippen molar-refractivity contribution in [3.05, 3.63) is 53.9 Å². The van der Waals surface area contributed by atoms with E-state index in [0.29, 0.717) is 17.1 Å². The van der Waals surface area contributed by atoms with Gasteiger partial charge in [-0.2, -0.15) is 0 Å². The summed E-state index contributed by atoms with van der Waals surface area (Å²) in [4.78, 5) is 23.1. The minimum atomic E-state index is -0.497. The van der Waals surface area contributed by atoms with Gasteiger partial charge in [0.2, 0.25) is 0 Å². The molecule has 2 aromatic heterocycles. The molecule has 2 heterocycles. The first kappa shape index (κ1) is 17.7. The second-order valence-electron chi connectivity index (χ2n) is 7.58. The lowest BCUT2D eigenvalue weighted by atomic mass is 9.87. The standard InChI is InChI=1S/C21H24N4O/c1-12-6-7-14-15(10-23-17(14)8-12)13(2)9-24-20-18(22)16(11-25-20)19(26)21(3,4)5/h6-11,23,25H,2,22H2,1,3-5H3. The first-order valence-electron chi connectivity index (χ1n) is 8.51. The van der Waals surface area contributed by atoms with Crippen LogP contribution in [0.2, 0.25) is 0 Å². The number of ketones is 1. The van der Waals surface area contributed by atoms with Crippen LogP contribution >= 0.6 is 0 Å². The van der Waals surface area contributed by atoms with Gasteiger partial charge in [0.1, 0.15) is 0 Å². The van der Waals surface area contributed by atoms with Gasteiger partial charge in [-0.05, 0) is 24.1 Å². The van der Waals surface area contributed by atoms with E-state index in [4.69, 9.17) is 5.73 Å². The third-order valence-electron chi connectivity index (χ3n) is 4.36. The monoisotopic (exact) mass is 348 g/mol. The van der Waals surface area contributed by atoms with Gasteiger partial charge < -0.3 is 15.7 Å². The van der Waals surface area contributed by atoms with Crippen LogP contribution in [0.3, 0.4) is 0 Å². The second-order valence-corrected chi connectivity index (χ2v) is 7.58. The van der Waals surface area contributed by atoms with Crippen LogP contribution in [0.4, 0.5) is 11.5 Å². The topological polar surface area (TPSA) is 87.0 Å². The molecule has 1 aromatic carbocycles. The highest BCUT2D eigenvalue weighted by atomic mass is 16.1. The van der Waals surface area contributed by atoms with Crippen molar-refractivity contribution in [2.75, 3.05) is 5.73 Å². The third-order valence-corrected chi connectivity index (χ3v) is 4.36. The van der Waals surface area contributed by atoms with Gasteiger partial charge >= 0.3 is 0 Å². The van der Waals surface area contributed by atoms with Crippen LogP contribution in [0.25, 0.3) is 16.5 Å². The fraction of sp³-hybridized carbons (Fsp3) is 0.238. The summed E-state index contributed by atoms with van der Waals surface area (Å²) in [6, 6.07) is 6.23. The molecule has 5 heteroatoms. The molecule has 0 bridgehead atoms. The molecule has 5 nitrogen and oxygen atoms in total. The molecule has 3 rings (SSSR count). The summed E-state index contributed by atoms with van der Waals surface area (Å²) < 4.78 is 0. The summed E-state index contributed by atoms with van der Waals surface area (Å²) >= 11 is 0. The number of benzene rings is 1. The average Bonchev–Trinajstić information content (AvgIpc) is 3.14. The zero-order valence-electron chi connectivity index (χ0n) is 15.6. The van der Waals surface area contributed by atoms with E-state index in [-0.39, 0.29) is 5.78 Å². The first-order valence-corrected chi connectivity index (χ1v) is 8.51. The van der Waals surface area contributed by atoms with Gasteiger partial charge in [0.05, 0.1) is 11.3 Å². The van der Waals surface area contributed by atoms with E-state index in [1.807, 2.05) is 27.0 Å². The van der Waals surface area contributed by atoms with Crippen molar-refractivity contribution >= 4 is 40.0 Å². The molecule has 0 atom stereocenters. The molecule has 0 aliphatic rings. The minimum Gasteiger partial charge on any atom is -0.395 e. The van der Waals surface area contributed by atoms with E-state index >= 15 is 0 Å².